The van der Waals surface area contributed by atoms with Crippen LogP contribution in [0.5, 0.6) is 0 Å². The van der Waals surface area contributed by atoms with Crippen molar-refractivity contribution < 1.29 is 14.3 Å². The number of hydrogen-bond acceptors (Lipinski definition) is 3. The predicted octanol–water partition coefficient (Wildman–Crippen LogP) is 1.83. The number of aliphatic hydroxyl groups excluding tert-OH is 1. The summed E-state index contributed by atoms with van der Waals surface area (Å²) in [4.78, 5) is 11.0. The molecule has 0 bridgehead atoms. The van der Waals surface area contributed by atoms with Crippen molar-refractivity contribution in [2.24, 2.45) is 0 Å². The van der Waals surface area contributed by atoms with Gasteiger partial charge in [-0.1, -0.05) is 0 Å². The molecular formula is C7H14O3Si. The molecule has 0 aliphatic heterocycles. The van der Waals surface area contributed by atoms with Crippen LogP contribution in [0.15, 0.2) is 11.8 Å². The van der Waals surface area contributed by atoms with Gasteiger partial charge < -0.3 is 9.53 Å². The van der Waals surface area contributed by atoms with Crippen molar-refractivity contribution >= 4 is 14.3 Å². The number of aliphatic hydroxyl groups is 1. The van der Waals surface area contributed by atoms with Crippen LogP contribution in [0.4, 0.5) is 0 Å². The van der Waals surface area contributed by atoms with Crippen molar-refractivity contribution in [1.29, 1.82) is 0 Å². The van der Waals surface area contributed by atoms with Crippen LogP contribution in [0, 0.1) is 0 Å². The van der Waals surface area contributed by atoms with Gasteiger partial charge in [-0.3, -0.25) is 0 Å². The predicted molar refractivity (Wildman–Crippen MR) is 45.8 cm³/mol. The molecule has 0 heterocycles. The van der Waals surface area contributed by atoms with E-state index in [2.05, 4.69) is 0 Å². The quantitative estimate of drug-likeness (QED) is 0.394. The molecule has 0 unspecified atom stereocenters. The largest absolute Gasteiger partial charge is 0.517 e. The Hall–Kier alpha value is -0.773. The minimum atomic E-state index is -1.80. The van der Waals surface area contributed by atoms with Crippen molar-refractivity contribution in [3.05, 3.63) is 11.8 Å². The summed E-state index contributed by atoms with van der Waals surface area (Å²) in [5.41, 5.74) is 0.243. The van der Waals surface area contributed by atoms with Crippen LogP contribution in [-0.2, 0) is 9.22 Å². The van der Waals surface area contributed by atoms with Gasteiger partial charge >= 0.3 is 5.97 Å². The summed E-state index contributed by atoms with van der Waals surface area (Å²) in [6, 6.07) is 0. The third-order valence-corrected chi connectivity index (χ3v) is 1.71. The number of rotatable bonds is 2. The Labute approximate surface area is 67.8 Å². The topological polar surface area (TPSA) is 46.5 Å². The van der Waals surface area contributed by atoms with Gasteiger partial charge in [-0.2, -0.15) is 0 Å². The smallest absolute Gasteiger partial charge is 0.323 e. The zero-order valence-corrected chi connectivity index (χ0v) is 8.34. The molecule has 4 heteroatoms. The highest BCUT2D eigenvalue weighted by molar-refractivity contribution is 6.71. The first kappa shape index (κ1) is 10.2. The van der Waals surface area contributed by atoms with E-state index in [0.29, 0.717) is 0 Å². The van der Waals surface area contributed by atoms with Gasteiger partial charge in [0.15, 0.2) is 0 Å². The van der Waals surface area contributed by atoms with E-state index in [1.165, 1.54) is 6.92 Å². The van der Waals surface area contributed by atoms with Crippen LogP contribution in [0.3, 0.4) is 0 Å². The van der Waals surface area contributed by atoms with E-state index in [4.69, 9.17) is 9.53 Å². The van der Waals surface area contributed by atoms with Crippen LogP contribution in [0.1, 0.15) is 6.92 Å². The Morgan fingerprint density at radius 3 is 2.18 bits per heavy atom. The molecule has 0 aliphatic carbocycles. The van der Waals surface area contributed by atoms with Crippen LogP contribution in [-0.4, -0.2) is 19.4 Å². The van der Waals surface area contributed by atoms with Gasteiger partial charge in [0.2, 0.25) is 8.32 Å². The van der Waals surface area contributed by atoms with E-state index in [0.717, 1.165) is 6.26 Å². The number of hydrogen-bond donors (Lipinski definition) is 1. The number of carbonyl (C=O) groups excluding carboxylic acids is 1. The molecule has 0 rings (SSSR count). The fraction of sp³-hybridized carbons (Fsp3) is 0.571. The fourth-order valence-corrected chi connectivity index (χ4v) is 1.13. The molecule has 0 atom stereocenters. The molecule has 3 nitrogen and oxygen atoms in total. The van der Waals surface area contributed by atoms with Crippen LogP contribution >= 0.6 is 0 Å². The summed E-state index contributed by atoms with van der Waals surface area (Å²) in [6.45, 7) is 7.25. The van der Waals surface area contributed by atoms with E-state index in [9.17, 15) is 4.79 Å². The van der Waals surface area contributed by atoms with Gasteiger partial charge in [0.05, 0.1) is 11.8 Å². The third-order valence-electron chi connectivity index (χ3n) is 0.915. The molecule has 64 valence electrons. The fourth-order valence-electron chi connectivity index (χ4n) is 0.411. The molecule has 0 amide bonds. The standard InChI is InChI=1S/C7H14O3Si/c1-6(5-8)7(9)10-11(2,3)4/h5,8H,1-4H3/b6-5+. The van der Waals surface area contributed by atoms with Crippen LogP contribution in [0.25, 0.3) is 0 Å². The molecule has 0 saturated heterocycles. The van der Waals surface area contributed by atoms with Crippen molar-refractivity contribution in [2.75, 3.05) is 0 Å². The van der Waals surface area contributed by atoms with Gasteiger partial charge in [-0.15, -0.1) is 0 Å². The Bertz CT molecular complexity index is 179. The molecule has 0 fully saturated rings. The lowest BCUT2D eigenvalue weighted by Gasteiger charge is -2.16. The second-order valence-electron chi connectivity index (χ2n) is 3.31. The molecule has 0 aliphatic rings. The lowest BCUT2D eigenvalue weighted by Crippen LogP contribution is -2.29. The van der Waals surface area contributed by atoms with E-state index >= 15 is 0 Å². The molecule has 1 N–H and O–H groups in total. The van der Waals surface area contributed by atoms with Gasteiger partial charge in [0.1, 0.15) is 0 Å². The maximum Gasteiger partial charge on any atom is 0.323 e. The third kappa shape index (κ3) is 4.61. The lowest BCUT2D eigenvalue weighted by molar-refractivity contribution is -0.130. The second-order valence-corrected chi connectivity index (χ2v) is 7.74. The van der Waals surface area contributed by atoms with Crippen LogP contribution < -0.4 is 0 Å². The van der Waals surface area contributed by atoms with Gasteiger partial charge in [0.25, 0.3) is 0 Å². The van der Waals surface area contributed by atoms with Crippen molar-refractivity contribution in [3.8, 4) is 0 Å². The van der Waals surface area contributed by atoms with E-state index < -0.39 is 14.3 Å². The van der Waals surface area contributed by atoms with Gasteiger partial charge in [-0.25, -0.2) is 4.79 Å². The molecular weight excluding hydrogens is 160 g/mol. The Kier molecular flexibility index (Phi) is 3.32. The summed E-state index contributed by atoms with van der Waals surface area (Å²) in [6.07, 6.45) is 0.766. The highest BCUT2D eigenvalue weighted by atomic mass is 28.4. The summed E-state index contributed by atoms with van der Waals surface area (Å²) in [7, 11) is -1.80. The zero-order valence-electron chi connectivity index (χ0n) is 7.34. The summed E-state index contributed by atoms with van der Waals surface area (Å²) in [5.74, 6) is -0.424. The SMILES string of the molecule is C/C(=C\O)C(=O)O[Si](C)(C)C. The highest BCUT2D eigenvalue weighted by Crippen LogP contribution is 2.06. The molecule has 0 saturated carbocycles. The van der Waals surface area contributed by atoms with E-state index in [-0.39, 0.29) is 5.57 Å². The van der Waals surface area contributed by atoms with Gasteiger partial charge in [0, 0.05) is 0 Å². The van der Waals surface area contributed by atoms with E-state index in [1.54, 1.807) is 0 Å². The highest BCUT2D eigenvalue weighted by Gasteiger charge is 2.20. The monoisotopic (exact) mass is 174 g/mol. The maximum absolute atomic E-state index is 11.0. The Morgan fingerprint density at radius 1 is 1.45 bits per heavy atom. The average Bonchev–Trinajstić information content (AvgIpc) is 1.82. The summed E-state index contributed by atoms with van der Waals surface area (Å²) in [5, 5.41) is 8.45. The molecule has 0 radical (unpaired) electrons. The summed E-state index contributed by atoms with van der Waals surface area (Å²) >= 11 is 0. The zero-order chi connectivity index (χ0) is 9.07. The van der Waals surface area contributed by atoms with Crippen molar-refractivity contribution in [1.82, 2.24) is 0 Å². The maximum atomic E-state index is 11.0. The molecule has 0 spiro atoms. The summed E-state index contributed by atoms with van der Waals surface area (Å²) < 4.78 is 5.06. The first-order valence-electron chi connectivity index (χ1n) is 3.41. The first-order valence-corrected chi connectivity index (χ1v) is 6.82. The number of carbonyl (C=O) groups is 1. The second kappa shape index (κ2) is 3.57. The van der Waals surface area contributed by atoms with Crippen molar-refractivity contribution in [2.45, 2.75) is 26.6 Å². The molecule has 0 aromatic heterocycles. The first-order chi connectivity index (χ1) is 4.87. The average molecular weight is 174 g/mol. The molecule has 0 aromatic rings. The Balaban J connectivity index is 4.10. The lowest BCUT2D eigenvalue weighted by atomic mass is 10.4. The minimum absolute atomic E-state index is 0.243. The minimum Gasteiger partial charge on any atom is -0.517 e. The van der Waals surface area contributed by atoms with E-state index in [1.807, 2.05) is 19.6 Å². The molecule has 11 heavy (non-hydrogen) atoms. The van der Waals surface area contributed by atoms with Crippen LogP contribution in [0.2, 0.25) is 19.6 Å². The van der Waals surface area contributed by atoms with Crippen molar-refractivity contribution in [3.63, 3.8) is 0 Å². The molecule has 0 aromatic carbocycles. The normalized spacial score (nSPS) is 12.9. The Morgan fingerprint density at radius 2 is 1.91 bits per heavy atom. The van der Waals surface area contributed by atoms with Gasteiger partial charge in [-0.05, 0) is 26.6 Å².